The lowest BCUT2D eigenvalue weighted by atomic mass is 10.1. The molecule has 0 saturated heterocycles. The zero-order valence-corrected chi connectivity index (χ0v) is 13.5. The number of hydrogen-bond acceptors (Lipinski definition) is 2. The molecule has 1 nitrogen and oxygen atoms in total. The lowest BCUT2D eigenvalue weighted by Gasteiger charge is -2.17. The summed E-state index contributed by atoms with van der Waals surface area (Å²) in [6.45, 7) is 2.28. The summed E-state index contributed by atoms with van der Waals surface area (Å²) >= 11 is 4.75. The van der Waals surface area contributed by atoms with Crippen LogP contribution in [0.4, 0.5) is 8.78 Å². The van der Waals surface area contributed by atoms with Crippen molar-refractivity contribution in [2.24, 2.45) is 0 Å². The monoisotopic (exact) mass is 359 g/mol. The maximum atomic E-state index is 13.9. The quantitative estimate of drug-likeness (QED) is 0.679. The first-order chi connectivity index (χ1) is 9.63. The normalized spacial score (nSPS) is 12.6. The van der Waals surface area contributed by atoms with E-state index in [0.717, 1.165) is 12.8 Å². The largest absolute Gasteiger partial charge is 0.305 e. The Kier molecular flexibility index (Phi) is 5.69. The zero-order valence-electron chi connectivity index (χ0n) is 11.1. The van der Waals surface area contributed by atoms with E-state index < -0.39 is 11.6 Å². The van der Waals surface area contributed by atoms with E-state index in [9.17, 15) is 8.78 Å². The Morgan fingerprint density at radius 3 is 2.75 bits per heavy atom. The molecule has 1 heterocycles. The summed E-state index contributed by atoms with van der Waals surface area (Å²) < 4.78 is 27.9. The van der Waals surface area contributed by atoms with Crippen LogP contribution in [0.15, 0.2) is 34.1 Å². The van der Waals surface area contributed by atoms with Gasteiger partial charge in [-0.05, 0) is 45.9 Å². The second-order valence-corrected chi connectivity index (χ2v) is 6.39. The van der Waals surface area contributed by atoms with Crippen LogP contribution in [0.2, 0.25) is 0 Å². The van der Waals surface area contributed by atoms with Crippen LogP contribution >= 0.6 is 27.3 Å². The average molecular weight is 360 g/mol. The Balaban J connectivity index is 2.12. The van der Waals surface area contributed by atoms with Gasteiger partial charge in [0, 0.05) is 23.0 Å². The Bertz CT molecular complexity index is 557. The van der Waals surface area contributed by atoms with Gasteiger partial charge in [0.1, 0.15) is 11.6 Å². The molecule has 1 aromatic carbocycles. The molecule has 0 fully saturated rings. The summed E-state index contributed by atoms with van der Waals surface area (Å²) in [7, 11) is 0. The number of nitrogens with one attached hydrogen (secondary N) is 1. The predicted octanol–water partition coefficient (Wildman–Crippen LogP) is 5.42. The Labute approximate surface area is 130 Å². The molecule has 0 aliphatic rings. The highest BCUT2D eigenvalue weighted by atomic mass is 79.9. The lowest BCUT2D eigenvalue weighted by molar-refractivity contribution is 0.471. The van der Waals surface area contributed by atoms with Crippen molar-refractivity contribution in [1.82, 2.24) is 5.32 Å². The van der Waals surface area contributed by atoms with E-state index in [-0.39, 0.29) is 18.2 Å². The van der Waals surface area contributed by atoms with Crippen LogP contribution in [0, 0.1) is 11.6 Å². The summed E-state index contributed by atoms with van der Waals surface area (Å²) in [5, 5.41) is 5.27. The molecule has 0 amide bonds. The molecule has 0 saturated carbocycles. The van der Waals surface area contributed by atoms with Crippen molar-refractivity contribution < 1.29 is 8.78 Å². The highest BCUT2D eigenvalue weighted by molar-refractivity contribution is 9.10. The molecule has 0 aliphatic carbocycles. The van der Waals surface area contributed by atoms with E-state index in [0.29, 0.717) is 4.47 Å². The summed E-state index contributed by atoms with van der Waals surface area (Å²) in [6.07, 6.45) is 1.96. The summed E-state index contributed by atoms with van der Waals surface area (Å²) in [5.41, 5.74) is 0.0806. The van der Waals surface area contributed by atoms with Crippen molar-refractivity contribution in [3.63, 3.8) is 0 Å². The SMILES string of the molecule is CCCC(NCc1c(F)ccc(Br)c1F)c1cccs1. The zero-order chi connectivity index (χ0) is 14.5. The highest BCUT2D eigenvalue weighted by Gasteiger charge is 2.16. The van der Waals surface area contributed by atoms with Gasteiger partial charge in [0.15, 0.2) is 0 Å². The second kappa shape index (κ2) is 7.29. The highest BCUT2D eigenvalue weighted by Crippen LogP contribution is 2.26. The molecule has 0 aliphatic heterocycles. The Hall–Kier alpha value is -0.780. The van der Waals surface area contributed by atoms with Crippen molar-refractivity contribution in [3.8, 4) is 0 Å². The number of thiophene rings is 1. The topological polar surface area (TPSA) is 12.0 Å². The van der Waals surface area contributed by atoms with Crippen LogP contribution < -0.4 is 5.32 Å². The number of halogens is 3. The van der Waals surface area contributed by atoms with Gasteiger partial charge >= 0.3 is 0 Å². The van der Waals surface area contributed by atoms with Crippen molar-refractivity contribution in [1.29, 1.82) is 0 Å². The maximum Gasteiger partial charge on any atom is 0.144 e. The summed E-state index contributed by atoms with van der Waals surface area (Å²) in [4.78, 5) is 1.20. The number of rotatable bonds is 6. The molecule has 1 unspecified atom stereocenters. The van der Waals surface area contributed by atoms with Crippen LogP contribution in [0.25, 0.3) is 0 Å². The third-order valence-electron chi connectivity index (χ3n) is 3.13. The van der Waals surface area contributed by atoms with E-state index >= 15 is 0 Å². The molecule has 0 spiro atoms. The number of hydrogen-bond donors (Lipinski definition) is 1. The van der Waals surface area contributed by atoms with Crippen molar-refractivity contribution >= 4 is 27.3 Å². The fourth-order valence-electron chi connectivity index (χ4n) is 2.08. The van der Waals surface area contributed by atoms with E-state index in [1.807, 2.05) is 17.5 Å². The standard InChI is InChI=1S/C15H16BrF2NS/c1-2-4-13(14-5-3-8-20-14)19-9-10-12(17)7-6-11(16)15(10)18/h3,5-8,13,19H,2,4,9H2,1H3. The van der Waals surface area contributed by atoms with Crippen LogP contribution in [0.5, 0.6) is 0 Å². The first-order valence-corrected chi connectivity index (χ1v) is 8.20. The fraction of sp³-hybridized carbons (Fsp3) is 0.333. The summed E-state index contributed by atoms with van der Waals surface area (Å²) in [5.74, 6) is -1.04. The molecule has 0 bridgehead atoms. The molecule has 1 N–H and O–H groups in total. The minimum absolute atomic E-state index is 0.0806. The fourth-order valence-corrected chi connectivity index (χ4v) is 3.29. The third-order valence-corrected chi connectivity index (χ3v) is 4.73. The van der Waals surface area contributed by atoms with Crippen LogP contribution in [-0.2, 0) is 6.54 Å². The Morgan fingerprint density at radius 2 is 2.10 bits per heavy atom. The Morgan fingerprint density at radius 1 is 1.30 bits per heavy atom. The van der Waals surface area contributed by atoms with Gasteiger partial charge in [0.25, 0.3) is 0 Å². The molecule has 2 aromatic rings. The van der Waals surface area contributed by atoms with Gasteiger partial charge < -0.3 is 5.32 Å². The molecule has 20 heavy (non-hydrogen) atoms. The van der Waals surface area contributed by atoms with Crippen LogP contribution in [0.1, 0.15) is 36.2 Å². The van der Waals surface area contributed by atoms with Gasteiger partial charge in [-0.1, -0.05) is 19.4 Å². The maximum absolute atomic E-state index is 13.9. The van der Waals surface area contributed by atoms with Gasteiger partial charge in [0.05, 0.1) is 4.47 Å². The van der Waals surface area contributed by atoms with Crippen molar-refractivity contribution in [2.75, 3.05) is 0 Å². The van der Waals surface area contributed by atoms with Crippen LogP contribution in [-0.4, -0.2) is 0 Å². The van der Waals surface area contributed by atoms with Crippen LogP contribution in [0.3, 0.4) is 0 Å². The van der Waals surface area contributed by atoms with Gasteiger partial charge in [-0.3, -0.25) is 0 Å². The molecule has 0 radical (unpaired) electrons. The van der Waals surface area contributed by atoms with Gasteiger partial charge in [-0.25, -0.2) is 8.78 Å². The van der Waals surface area contributed by atoms with E-state index in [1.54, 1.807) is 11.3 Å². The van der Waals surface area contributed by atoms with E-state index in [2.05, 4.69) is 28.2 Å². The molecule has 2 rings (SSSR count). The minimum atomic E-state index is -0.529. The predicted molar refractivity (Wildman–Crippen MR) is 82.9 cm³/mol. The lowest BCUT2D eigenvalue weighted by Crippen LogP contribution is -2.21. The molecular formula is C15H16BrF2NS. The van der Waals surface area contributed by atoms with E-state index in [1.165, 1.54) is 17.0 Å². The van der Waals surface area contributed by atoms with E-state index in [4.69, 9.17) is 0 Å². The first-order valence-electron chi connectivity index (χ1n) is 6.52. The van der Waals surface area contributed by atoms with Crippen molar-refractivity contribution in [2.45, 2.75) is 32.4 Å². The first kappa shape index (κ1) is 15.6. The molecule has 5 heteroatoms. The minimum Gasteiger partial charge on any atom is -0.305 e. The van der Waals surface area contributed by atoms with Gasteiger partial charge in [-0.2, -0.15) is 0 Å². The smallest absolute Gasteiger partial charge is 0.144 e. The molecule has 108 valence electrons. The second-order valence-electron chi connectivity index (χ2n) is 4.56. The van der Waals surface area contributed by atoms with Gasteiger partial charge in [0.2, 0.25) is 0 Å². The molecule has 1 atom stereocenters. The molecular weight excluding hydrogens is 344 g/mol. The summed E-state index contributed by atoms with van der Waals surface area (Å²) in [6, 6.07) is 6.84. The average Bonchev–Trinajstić information content (AvgIpc) is 2.96. The van der Waals surface area contributed by atoms with Crippen molar-refractivity contribution in [3.05, 3.63) is 56.2 Å². The number of benzene rings is 1. The third kappa shape index (κ3) is 3.65. The molecule has 1 aromatic heterocycles. The van der Waals surface area contributed by atoms with Gasteiger partial charge in [-0.15, -0.1) is 11.3 Å².